The number of hydrogen-bond acceptors (Lipinski definition) is 2. The number of carboxylic acid groups (broad SMARTS) is 1. The van der Waals surface area contributed by atoms with Crippen LogP contribution in [0.1, 0.15) is 50.8 Å². The van der Waals surface area contributed by atoms with E-state index < -0.39 is 12.0 Å². The molecule has 0 aromatic heterocycles. The maximum absolute atomic E-state index is 10.9. The van der Waals surface area contributed by atoms with E-state index >= 15 is 0 Å². The van der Waals surface area contributed by atoms with Crippen LogP contribution in [0.5, 0.6) is 0 Å². The summed E-state index contributed by atoms with van der Waals surface area (Å²) in [5.41, 5.74) is 2.65. The Bertz CT molecular complexity index is 431. The summed E-state index contributed by atoms with van der Waals surface area (Å²) in [6.45, 7) is 6.57. The standard InChI is InChI=1S/C15H21NO2/c1-15(2,3)11-6-4-10(5-7-11)12-8-9-13(16-12)14(17)18/h4-7,12-13,16H,8-9H2,1-3H3,(H,17,18). The number of carbonyl (C=O) groups is 1. The molecule has 1 aliphatic rings. The molecule has 2 N–H and O–H groups in total. The van der Waals surface area contributed by atoms with Gasteiger partial charge in [-0.1, -0.05) is 45.0 Å². The summed E-state index contributed by atoms with van der Waals surface area (Å²) in [6.07, 6.45) is 1.60. The molecule has 3 heteroatoms. The second-order valence-corrected chi connectivity index (χ2v) is 6.06. The molecule has 3 nitrogen and oxygen atoms in total. The number of rotatable bonds is 2. The molecule has 1 fully saturated rings. The van der Waals surface area contributed by atoms with Gasteiger partial charge in [-0.3, -0.25) is 10.1 Å². The van der Waals surface area contributed by atoms with Gasteiger partial charge in [0.1, 0.15) is 6.04 Å². The molecule has 98 valence electrons. The Morgan fingerprint density at radius 2 is 1.83 bits per heavy atom. The fraction of sp³-hybridized carbons (Fsp3) is 0.533. The van der Waals surface area contributed by atoms with Crippen molar-refractivity contribution in [2.24, 2.45) is 0 Å². The lowest BCUT2D eigenvalue weighted by molar-refractivity contribution is -0.139. The molecule has 0 amide bonds. The van der Waals surface area contributed by atoms with Gasteiger partial charge in [-0.05, 0) is 29.4 Å². The topological polar surface area (TPSA) is 49.3 Å². The van der Waals surface area contributed by atoms with Gasteiger partial charge in [-0.2, -0.15) is 0 Å². The monoisotopic (exact) mass is 247 g/mol. The zero-order chi connectivity index (χ0) is 13.3. The van der Waals surface area contributed by atoms with Crippen LogP contribution in [0.4, 0.5) is 0 Å². The molecule has 1 heterocycles. The van der Waals surface area contributed by atoms with Gasteiger partial charge in [0.2, 0.25) is 0 Å². The third-order valence-electron chi connectivity index (χ3n) is 3.62. The molecular formula is C15H21NO2. The average Bonchev–Trinajstić information content (AvgIpc) is 2.77. The summed E-state index contributed by atoms with van der Waals surface area (Å²) < 4.78 is 0. The highest BCUT2D eigenvalue weighted by Gasteiger charge is 2.29. The third-order valence-corrected chi connectivity index (χ3v) is 3.62. The minimum Gasteiger partial charge on any atom is -0.480 e. The van der Waals surface area contributed by atoms with Crippen molar-refractivity contribution in [1.82, 2.24) is 5.32 Å². The highest BCUT2D eigenvalue weighted by Crippen LogP contribution is 2.29. The second-order valence-electron chi connectivity index (χ2n) is 6.06. The van der Waals surface area contributed by atoms with Crippen LogP contribution in [-0.2, 0) is 10.2 Å². The lowest BCUT2D eigenvalue weighted by Crippen LogP contribution is -2.31. The first-order valence-corrected chi connectivity index (χ1v) is 6.47. The van der Waals surface area contributed by atoms with Crippen LogP contribution in [0.3, 0.4) is 0 Å². The number of carboxylic acids is 1. The second kappa shape index (κ2) is 4.73. The third kappa shape index (κ3) is 2.72. The summed E-state index contributed by atoms with van der Waals surface area (Å²) in [4.78, 5) is 10.9. The van der Waals surface area contributed by atoms with E-state index in [0.29, 0.717) is 6.42 Å². The van der Waals surface area contributed by atoms with Gasteiger partial charge < -0.3 is 5.11 Å². The van der Waals surface area contributed by atoms with Crippen molar-refractivity contribution >= 4 is 5.97 Å². The minimum absolute atomic E-state index is 0.158. The average molecular weight is 247 g/mol. The van der Waals surface area contributed by atoms with Gasteiger partial charge in [0, 0.05) is 6.04 Å². The van der Waals surface area contributed by atoms with E-state index in [-0.39, 0.29) is 11.5 Å². The van der Waals surface area contributed by atoms with Gasteiger partial charge in [0.05, 0.1) is 0 Å². The molecule has 2 unspecified atom stereocenters. The zero-order valence-corrected chi connectivity index (χ0v) is 11.2. The Kier molecular flexibility index (Phi) is 3.44. The van der Waals surface area contributed by atoms with Crippen LogP contribution >= 0.6 is 0 Å². The van der Waals surface area contributed by atoms with Crippen molar-refractivity contribution in [3.05, 3.63) is 35.4 Å². The molecule has 0 saturated carbocycles. The maximum atomic E-state index is 10.9. The van der Waals surface area contributed by atoms with E-state index in [4.69, 9.17) is 5.11 Å². The predicted octanol–water partition coefficient (Wildman–Crippen LogP) is 2.86. The Balaban J connectivity index is 2.10. The smallest absolute Gasteiger partial charge is 0.320 e. The quantitative estimate of drug-likeness (QED) is 0.845. The minimum atomic E-state index is -0.746. The molecule has 0 bridgehead atoms. The molecular weight excluding hydrogens is 226 g/mol. The van der Waals surface area contributed by atoms with Crippen molar-refractivity contribution in [3.8, 4) is 0 Å². The molecule has 1 aromatic carbocycles. The Morgan fingerprint density at radius 1 is 1.22 bits per heavy atom. The summed E-state index contributed by atoms with van der Waals surface area (Å²) in [6, 6.07) is 8.30. The highest BCUT2D eigenvalue weighted by molar-refractivity contribution is 5.73. The Morgan fingerprint density at radius 3 is 2.28 bits per heavy atom. The summed E-state index contributed by atoms with van der Waals surface area (Å²) >= 11 is 0. The maximum Gasteiger partial charge on any atom is 0.320 e. The summed E-state index contributed by atoms with van der Waals surface area (Å²) in [7, 11) is 0. The van der Waals surface area contributed by atoms with Gasteiger partial charge in [0.25, 0.3) is 0 Å². The normalized spacial score (nSPS) is 24.2. The van der Waals surface area contributed by atoms with Gasteiger partial charge in [-0.15, -0.1) is 0 Å². The van der Waals surface area contributed by atoms with Crippen molar-refractivity contribution in [2.45, 2.75) is 51.1 Å². The lowest BCUT2D eigenvalue weighted by Gasteiger charge is -2.20. The Labute approximate surface area is 108 Å². The molecule has 1 aromatic rings. The first-order valence-electron chi connectivity index (χ1n) is 6.47. The molecule has 2 atom stereocenters. The molecule has 18 heavy (non-hydrogen) atoms. The van der Waals surface area contributed by atoms with Crippen LogP contribution in [0.2, 0.25) is 0 Å². The van der Waals surface area contributed by atoms with E-state index in [1.165, 1.54) is 11.1 Å². The van der Waals surface area contributed by atoms with Crippen molar-refractivity contribution in [3.63, 3.8) is 0 Å². The van der Waals surface area contributed by atoms with Crippen LogP contribution < -0.4 is 5.32 Å². The van der Waals surface area contributed by atoms with Gasteiger partial charge in [0.15, 0.2) is 0 Å². The van der Waals surface area contributed by atoms with Crippen molar-refractivity contribution in [2.75, 3.05) is 0 Å². The first kappa shape index (κ1) is 13.1. The number of aliphatic carboxylic acids is 1. The van der Waals surface area contributed by atoms with E-state index in [9.17, 15) is 4.79 Å². The van der Waals surface area contributed by atoms with E-state index in [0.717, 1.165) is 6.42 Å². The van der Waals surface area contributed by atoms with Crippen LogP contribution in [0.25, 0.3) is 0 Å². The number of nitrogens with one attached hydrogen (secondary N) is 1. The first-order chi connectivity index (χ1) is 8.38. The Hall–Kier alpha value is -1.35. The fourth-order valence-electron chi connectivity index (χ4n) is 2.42. The molecule has 1 aliphatic heterocycles. The fourth-order valence-corrected chi connectivity index (χ4v) is 2.42. The molecule has 0 spiro atoms. The lowest BCUT2D eigenvalue weighted by atomic mass is 9.86. The summed E-state index contributed by atoms with van der Waals surface area (Å²) in [5.74, 6) is -0.746. The highest BCUT2D eigenvalue weighted by atomic mass is 16.4. The number of hydrogen-bond donors (Lipinski definition) is 2. The van der Waals surface area contributed by atoms with E-state index in [2.05, 4.69) is 50.4 Å². The molecule has 0 aliphatic carbocycles. The predicted molar refractivity (Wildman–Crippen MR) is 71.7 cm³/mol. The SMILES string of the molecule is CC(C)(C)c1ccc(C2CCC(C(=O)O)N2)cc1. The zero-order valence-electron chi connectivity index (χ0n) is 11.2. The summed E-state index contributed by atoms with van der Waals surface area (Å²) in [5, 5.41) is 12.1. The van der Waals surface area contributed by atoms with E-state index in [1.807, 2.05) is 0 Å². The molecule has 2 rings (SSSR count). The van der Waals surface area contributed by atoms with Crippen molar-refractivity contribution in [1.29, 1.82) is 0 Å². The van der Waals surface area contributed by atoms with E-state index in [1.54, 1.807) is 0 Å². The molecule has 1 saturated heterocycles. The number of benzene rings is 1. The van der Waals surface area contributed by atoms with Gasteiger partial charge in [-0.25, -0.2) is 0 Å². The van der Waals surface area contributed by atoms with Gasteiger partial charge >= 0.3 is 5.97 Å². The van der Waals surface area contributed by atoms with Crippen LogP contribution in [0.15, 0.2) is 24.3 Å². The van der Waals surface area contributed by atoms with Crippen LogP contribution in [0, 0.1) is 0 Å². The largest absolute Gasteiger partial charge is 0.480 e. The molecule has 0 radical (unpaired) electrons. The van der Waals surface area contributed by atoms with Crippen LogP contribution in [-0.4, -0.2) is 17.1 Å². The van der Waals surface area contributed by atoms with Crippen molar-refractivity contribution < 1.29 is 9.90 Å².